The van der Waals surface area contributed by atoms with E-state index in [2.05, 4.69) is 16.8 Å². The van der Waals surface area contributed by atoms with Crippen LogP contribution >= 0.6 is 11.6 Å². The predicted molar refractivity (Wildman–Crippen MR) is 151 cm³/mol. The van der Waals surface area contributed by atoms with Crippen molar-refractivity contribution < 1.29 is 46.1 Å². The monoisotopic (exact) mass is 642 g/mol. The summed E-state index contributed by atoms with van der Waals surface area (Å²) in [5.41, 5.74) is -2.84. The van der Waals surface area contributed by atoms with Crippen molar-refractivity contribution in [2.45, 2.75) is 50.6 Å². The minimum Gasteiger partial charge on any atom is -0.497 e. The number of carbonyl (C=O) groups is 1. The average Bonchev–Trinajstić information content (AvgIpc) is 2.95. The Bertz CT molecular complexity index is 1540. The average molecular weight is 643 g/mol. The molecule has 2 aromatic carbocycles. The number of methoxy groups -OCH3 is 1. The first-order valence-electron chi connectivity index (χ1n) is 13.6. The smallest absolute Gasteiger partial charge is 0.416 e. The summed E-state index contributed by atoms with van der Waals surface area (Å²) in [5.74, 6) is 4.63. The molecule has 0 aliphatic carbocycles. The number of hydrogen-bond acceptors (Lipinski definition) is 5. The lowest BCUT2D eigenvalue weighted by atomic mass is 9.71. The molecule has 0 spiro atoms. The van der Waals surface area contributed by atoms with Gasteiger partial charge in [0.1, 0.15) is 5.75 Å². The van der Waals surface area contributed by atoms with Crippen molar-refractivity contribution in [3.05, 3.63) is 69.9 Å². The van der Waals surface area contributed by atoms with E-state index in [0.717, 1.165) is 0 Å². The number of halogens is 7. The van der Waals surface area contributed by atoms with Gasteiger partial charge in [-0.25, -0.2) is 0 Å². The number of rotatable bonds is 8. The largest absolute Gasteiger partial charge is 0.497 e. The van der Waals surface area contributed by atoms with Crippen LogP contribution in [0.2, 0.25) is 5.02 Å². The first-order valence-corrected chi connectivity index (χ1v) is 14.0. The number of aromatic nitrogens is 1. The Balaban J connectivity index is 1.45. The maximum Gasteiger partial charge on any atom is 0.416 e. The van der Waals surface area contributed by atoms with E-state index in [0.29, 0.717) is 66.7 Å². The molecule has 1 saturated heterocycles. The summed E-state index contributed by atoms with van der Waals surface area (Å²) in [6, 6.07) is 6.41. The molecule has 44 heavy (non-hydrogen) atoms. The zero-order valence-electron chi connectivity index (χ0n) is 23.5. The third-order valence-corrected chi connectivity index (χ3v) is 8.22. The Labute approximate surface area is 254 Å². The molecule has 4 rings (SSSR count). The Morgan fingerprint density at radius 2 is 1.73 bits per heavy atom. The van der Waals surface area contributed by atoms with E-state index in [4.69, 9.17) is 16.3 Å². The number of carboxylic acid groups (broad SMARTS) is 1. The molecule has 1 aliphatic heterocycles. The number of carboxylic acids is 1. The van der Waals surface area contributed by atoms with Crippen LogP contribution < -0.4 is 4.74 Å². The maximum atomic E-state index is 13.1. The van der Waals surface area contributed by atoms with Crippen molar-refractivity contribution in [1.29, 1.82) is 0 Å². The van der Waals surface area contributed by atoms with E-state index in [1.165, 1.54) is 13.3 Å². The van der Waals surface area contributed by atoms with E-state index in [-0.39, 0.29) is 30.5 Å². The summed E-state index contributed by atoms with van der Waals surface area (Å²) in [7, 11) is 1.51. The zero-order valence-corrected chi connectivity index (χ0v) is 24.3. The number of aliphatic hydroxyl groups is 1. The first-order chi connectivity index (χ1) is 20.6. The summed E-state index contributed by atoms with van der Waals surface area (Å²) < 4.78 is 84.2. The Kier molecular flexibility index (Phi) is 10.0. The fourth-order valence-corrected chi connectivity index (χ4v) is 5.80. The van der Waals surface area contributed by atoms with Gasteiger partial charge in [-0.05, 0) is 80.6 Å². The molecule has 3 aromatic rings. The highest BCUT2D eigenvalue weighted by molar-refractivity contribution is 6.32. The van der Waals surface area contributed by atoms with Gasteiger partial charge in [-0.1, -0.05) is 23.4 Å². The molecule has 6 nitrogen and oxygen atoms in total. The highest BCUT2D eigenvalue weighted by Crippen LogP contribution is 2.43. The third kappa shape index (κ3) is 8.14. The number of aliphatic carboxylic acids is 1. The molecule has 1 aliphatic rings. The van der Waals surface area contributed by atoms with Gasteiger partial charge in [-0.15, -0.1) is 0 Å². The maximum absolute atomic E-state index is 13.1. The highest BCUT2D eigenvalue weighted by Gasteiger charge is 2.38. The highest BCUT2D eigenvalue weighted by atomic mass is 35.5. The van der Waals surface area contributed by atoms with Crippen LogP contribution in [0.25, 0.3) is 10.9 Å². The molecule has 0 unspecified atom stereocenters. The lowest BCUT2D eigenvalue weighted by Crippen LogP contribution is -2.41. The predicted octanol–water partition coefficient (Wildman–Crippen LogP) is 7.36. The van der Waals surface area contributed by atoms with Gasteiger partial charge in [-0.2, -0.15) is 26.3 Å². The molecule has 0 amide bonds. The van der Waals surface area contributed by atoms with Crippen LogP contribution in [0, 0.1) is 17.3 Å². The van der Waals surface area contributed by atoms with E-state index in [1.807, 2.05) is 4.90 Å². The van der Waals surface area contributed by atoms with Crippen LogP contribution in [-0.4, -0.2) is 52.8 Å². The molecule has 2 heterocycles. The molecule has 13 heteroatoms. The second kappa shape index (κ2) is 13.2. The van der Waals surface area contributed by atoms with Gasteiger partial charge in [-0.3, -0.25) is 14.7 Å². The topological polar surface area (TPSA) is 82.9 Å². The summed E-state index contributed by atoms with van der Waals surface area (Å²) in [6.07, 6.45) is -8.16. The second-order valence-electron chi connectivity index (χ2n) is 10.9. The SMILES string of the molecule is COc1ccc2ncc(Cl)c([C@H](O)CCC3(CC(=O)O)CCN(CC#Cc4cc(C(F)(F)F)cc(C(F)(F)F)c4)CC3)c2c1. The Morgan fingerprint density at radius 3 is 2.30 bits per heavy atom. The van der Waals surface area contributed by atoms with Crippen LogP contribution in [-0.2, 0) is 17.1 Å². The number of pyridine rings is 1. The normalized spacial score (nSPS) is 16.3. The fourth-order valence-electron chi connectivity index (χ4n) is 5.52. The van der Waals surface area contributed by atoms with Crippen LogP contribution in [0.1, 0.15) is 60.5 Å². The number of likely N-dealkylation sites (tertiary alicyclic amines) is 1. The van der Waals surface area contributed by atoms with Crippen molar-refractivity contribution in [3.63, 3.8) is 0 Å². The van der Waals surface area contributed by atoms with Gasteiger partial charge in [0, 0.05) is 22.7 Å². The number of nitrogens with zero attached hydrogens (tertiary/aromatic N) is 2. The number of fused-ring (bicyclic) bond motifs is 1. The molecule has 0 saturated carbocycles. The number of ether oxygens (including phenoxy) is 1. The minimum atomic E-state index is -4.96. The Morgan fingerprint density at radius 1 is 1.09 bits per heavy atom. The number of hydrogen-bond donors (Lipinski definition) is 2. The molecule has 236 valence electrons. The van der Waals surface area contributed by atoms with Crippen LogP contribution in [0.3, 0.4) is 0 Å². The van der Waals surface area contributed by atoms with Gasteiger partial charge in [0.25, 0.3) is 0 Å². The van der Waals surface area contributed by atoms with Gasteiger partial charge in [0.15, 0.2) is 0 Å². The molecule has 1 aromatic heterocycles. The number of aliphatic hydroxyl groups excluding tert-OH is 1. The quantitative estimate of drug-likeness (QED) is 0.197. The molecule has 1 atom stereocenters. The van der Waals surface area contributed by atoms with E-state index in [9.17, 15) is 41.4 Å². The van der Waals surface area contributed by atoms with Gasteiger partial charge in [0.2, 0.25) is 0 Å². The summed E-state index contributed by atoms with van der Waals surface area (Å²) in [6.45, 7) is 0.888. The zero-order chi connectivity index (χ0) is 32.3. The van der Waals surface area contributed by atoms with E-state index >= 15 is 0 Å². The van der Waals surface area contributed by atoms with Crippen molar-refractivity contribution in [1.82, 2.24) is 9.88 Å². The van der Waals surface area contributed by atoms with E-state index < -0.39 is 46.5 Å². The lowest BCUT2D eigenvalue weighted by molar-refractivity contribution is -0.143. The Hall–Kier alpha value is -3.53. The van der Waals surface area contributed by atoms with Crippen molar-refractivity contribution in [2.75, 3.05) is 26.7 Å². The molecule has 2 N–H and O–H groups in total. The van der Waals surface area contributed by atoms with Crippen LogP contribution in [0.5, 0.6) is 5.75 Å². The van der Waals surface area contributed by atoms with Gasteiger partial charge < -0.3 is 14.9 Å². The van der Waals surface area contributed by atoms with Gasteiger partial charge in [0.05, 0.1) is 47.8 Å². The van der Waals surface area contributed by atoms with Crippen LogP contribution in [0.4, 0.5) is 26.3 Å². The molecule has 0 radical (unpaired) electrons. The molecular weight excluding hydrogens is 614 g/mol. The van der Waals surface area contributed by atoms with Crippen molar-refractivity contribution in [3.8, 4) is 17.6 Å². The number of piperidine rings is 1. The van der Waals surface area contributed by atoms with Crippen molar-refractivity contribution in [2.24, 2.45) is 5.41 Å². The number of benzene rings is 2. The van der Waals surface area contributed by atoms with Gasteiger partial charge >= 0.3 is 18.3 Å². The van der Waals surface area contributed by atoms with E-state index in [1.54, 1.807) is 18.2 Å². The summed E-state index contributed by atoms with van der Waals surface area (Å²) in [5, 5.41) is 21.7. The lowest BCUT2D eigenvalue weighted by Gasteiger charge is -2.41. The first kappa shape index (κ1) is 33.4. The molecule has 0 bridgehead atoms. The standard InChI is InChI=1S/C31H29ClF6N2O4/c1-44-22-4-5-25-23(16-22)28(24(32)18-39-25)26(41)6-7-29(17-27(42)43)8-11-40(12-9-29)10-2-3-19-13-20(30(33,34)35)15-21(14-19)31(36,37)38/h4-5,13-16,18,26,41H,6-12,17H2,1H3,(H,42,43)/t26-/m1/s1. The second-order valence-corrected chi connectivity index (χ2v) is 11.3. The molecule has 1 fully saturated rings. The van der Waals surface area contributed by atoms with Crippen molar-refractivity contribution >= 4 is 28.5 Å². The summed E-state index contributed by atoms with van der Waals surface area (Å²) >= 11 is 6.42. The summed E-state index contributed by atoms with van der Waals surface area (Å²) in [4.78, 5) is 17.9. The molecular formula is C31H29ClF6N2O4. The number of alkyl halides is 6. The third-order valence-electron chi connectivity index (χ3n) is 7.92. The minimum absolute atomic E-state index is 0.0523. The fraction of sp³-hybridized carbons (Fsp3) is 0.419. The van der Waals surface area contributed by atoms with Crippen LogP contribution in [0.15, 0.2) is 42.6 Å².